The van der Waals surface area contributed by atoms with Crippen LogP contribution in [0.2, 0.25) is 0 Å². The predicted octanol–water partition coefficient (Wildman–Crippen LogP) is 1.99. The summed E-state index contributed by atoms with van der Waals surface area (Å²) in [4.78, 5) is 10.8. The van der Waals surface area contributed by atoms with Crippen molar-refractivity contribution >= 4 is 5.82 Å². The van der Waals surface area contributed by atoms with Gasteiger partial charge in [-0.15, -0.1) is 0 Å². The molecule has 0 amide bonds. The topological polar surface area (TPSA) is 64.3 Å². The Morgan fingerprint density at radius 2 is 2.05 bits per heavy atom. The Labute approximate surface area is 116 Å². The number of hydrogen-bond acceptors (Lipinski definition) is 5. The summed E-state index contributed by atoms with van der Waals surface area (Å²) in [5, 5.41) is 0. The molecule has 0 spiro atoms. The summed E-state index contributed by atoms with van der Waals surface area (Å²) in [6, 6.07) is 0. The first-order valence-corrected chi connectivity index (χ1v) is 6.75. The minimum atomic E-state index is 0.0554. The second-order valence-electron chi connectivity index (χ2n) is 5.62. The number of aromatic nitrogens is 2. The number of nitrogens with two attached hydrogens (primary N) is 1. The Bertz CT molecular complexity index is 406. The lowest BCUT2D eigenvalue weighted by Crippen LogP contribution is -2.40. The molecule has 1 heterocycles. The van der Waals surface area contributed by atoms with Crippen LogP contribution in [-0.4, -0.2) is 36.7 Å². The minimum Gasteiger partial charge on any atom is -0.481 e. The van der Waals surface area contributed by atoms with E-state index in [4.69, 9.17) is 10.5 Å². The Hall–Kier alpha value is -1.36. The number of hydrogen-bond donors (Lipinski definition) is 1. The molecule has 108 valence electrons. The molecule has 0 atom stereocenters. The highest BCUT2D eigenvalue weighted by atomic mass is 16.5. The smallest absolute Gasteiger partial charge is 0.221 e. The van der Waals surface area contributed by atoms with Crippen LogP contribution in [0.4, 0.5) is 5.82 Å². The summed E-state index contributed by atoms with van der Waals surface area (Å²) in [6.07, 6.45) is 2.62. The van der Waals surface area contributed by atoms with Gasteiger partial charge in [0.15, 0.2) is 0 Å². The molecule has 19 heavy (non-hydrogen) atoms. The zero-order valence-corrected chi connectivity index (χ0v) is 12.7. The van der Waals surface area contributed by atoms with Gasteiger partial charge in [0.2, 0.25) is 5.88 Å². The highest BCUT2D eigenvalue weighted by molar-refractivity contribution is 5.50. The van der Waals surface area contributed by atoms with E-state index < -0.39 is 0 Å². The molecule has 5 nitrogen and oxygen atoms in total. The molecular formula is C14H26N4O. The molecule has 0 bridgehead atoms. The summed E-state index contributed by atoms with van der Waals surface area (Å²) >= 11 is 0. The molecule has 0 radical (unpaired) electrons. The summed E-state index contributed by atoms with van der Waals surface area (Å²) in [6.45, 7) is 11.0. The van der Waals surface area contributed by atoms with Gasteiger partial charge in [-0.3, -0.25) is 0 Å². The van der Waals surface area contributed by atoms with Crippen molar-refractivity contribution < 1.29 is 4.74 Å². The third-order valence-electron chi connectivity index (χ3n) is 3.17. The summed E-state index contributed by atoms with van der Waals surface area (Å²) in [7, 11) is 1.63. The maximum absolute atomic E-state index is 5.84. The molecule has 1 aromatic rings. The van der Waals surface area contributed by atoms with Crippen molar-refractivity contribution in [1.29, 1.82) is 0 Å². The number of ether oxygens (including phenoxy) is 1. The van der Waals surface area contributed by atoms with Crippen molar-refractivity contribution in [3.05, 3.63) is 11.9 Å². The second-order valence-corrected chi connectivity index (χ2v) is 5.62. The van der Waals surface area contributed by atoms with Crippen molar-refractivity contribution in [2.24, 2.45) is 11.1 Å². The number of rotatable bonds is 7. The molecule has 0 aromatic carbocycles. The SMILES string of the molecule is CCCN(CC(C)(C)CN)c1ncnc(OC)c1C. The Balaban J connectivity index is 3.05. The van der Waals surface area contributed by atoms with E-state index in [1.165, 1.54) is 0 Å². The molecule has 0 saturated carbocycles. The molecule has 0 saturated heterocycles. The van der Waals surface area contributed by atoms with Crippen LogP contribution in [0.5, 0.6) is 5.88 Å². The van der Waals surface area contributed by atoms with Crippen molar-refractivity contribution in [2.75, 3.05) is 31.6 Å². The normalized spacial score (nSPS) is 11.5. The van der Waals surface area contributed by atoms with Gasteiger partial charge in [-0.05, 0) is 25.3 Å². The first-order chi connectivity index (χ1) is 8.95. The van der Waals surface area contributed by atoms with E-state index in [9.17, 15) is 0 Å². The Morgan fingerprint density at radius 1 is 1.37 bits per heavy atom. The zero-order chi connectivity index (χ0) is 14.5. The molecular weight excluding hydrogens is 240 g/mol. The lowest BCUT2D eigenvalue weighted by Gasteiger charge is -2.33. The van der Waals surface area contributed by atoms with Gasteiger partial charge in [0.05, 0.1) is 12.7 Å². The third kappa shape index (κ3) is 4.06. The summed E-state index contributed by atoms with van der Waals surface area (Å²) in [5.74, 6) is 1.58. The first kappa shape index (κ1) is 15.7. The fourth-order valence-electron chi connectivity index (χ4n) is 2.06. The average Bonchev–Trinajstić information content (AvgIpc) is 2.38. The van der Waals surface area contributed by atoms with Gasteiger partial charge < -0.3 is 15.4 Å². The maximum Gasteiger partial charge on any atom is 0.221 e. The zero-order valence-electron chi connectivity index (χ0n) is 12.7. The number of nitrogens with zero attached hydrogens (tertiary/aromatic N) is 3. The molecule has 0 aliphatic heterocycles. The average molecular weight is 266 g/mol. The minimum absolute atomic E-state index is 0.0554. The van der Waals surface area contributed by atoms with E-state index >= 15 is 0 Å². The van der Waals surface area contributed by atoms with Gasteiger partial charge in [-0.2, -0.15) is 0 Å². The fraction of sp³-hybridized carbons (Fsp3) is 0.714. The molecule has 0 fully saturated rings. The van der Waals surface area contributed by atoms with Crippen LogP contribution in [0.1, 0.15) is 32.8 Å². The van der Waals surface area contributed by atoms with Crippen molar-refractivity contribution in [1.82, 2.24) is 9.97 Å². The van der Waals surface area contributed by atoms with Gasteiger partial charge in [-0.1, -0.05) is 20.8 Å². The van der Waals surface area contributed by atoms with Gasteiger partial charge in [-0.25, -0.2) is 9.97 Å². The number of anilines is 1. The lowest BCUT2D eigenvalue weighted by atomic mass is 9.93. The van der Waals surface area contributed by atoms with Crippen LogP contribution in [-0.2, 0) is 0 Å². The molecule has 1 rings (SSSR count). The van der Waals surface area contributed by atoms with Gasteiger partial charge in [0.1, 0.15) is 12.1 Å². The second kappa shape index (κ2) is 6.70. The van der Waals surface area contributed by atoms with Gasteiger partial charge >= 0.3 is 0 Å². The quantitative estimate of drug-likeness (QED) is 0.817. The van der Waals surface area contributed by atoms with Crippen LogP contribution in [0.25, 0.3) is 0 Å². The predicted molar refractivity (Wildman–Crippen MR) is 78.7 cm³/mol. The monoisotopic (exact) mass is 266 g/mol. The highest BCUT2D eigenvalue weighted by Gasteiger charge is 2.23. The molecule has 5 heteroatoms. The molecule has 1 aromatic heterocycles. The van der Waals surface area contributed by atoms with Gasteiger partial charge in [0, 0.05) is 13.1 Å². The summed E-state index contributed by atoms with van der Waals surface area (Å²) < 4.78 is 5.27. The maximum atomic E-state index is 5.84. The van der Waals surface area contributed by atoms with E-state index in [1.807, 2.05) is 6.92 Å². The number of methoxy groups -OCH3 is 1. The van der Waals surface area contributed by atoms with Crippen molar-refractivity contribution in [3.8, 4) is 5.88 Å². The largest absolute Gasteiger partial charge is 0.481 e. The molecule has 0 unspecified atom stereocenters. The van der Waals surface area contributed by atoms with Crippen LogP contribution in [0.3, 0.4) is 0 Å². The van der Waals surface area contributed by atoms with E-state index in [0.717, 1.165) is 30.9 Å². The van der Waals surface area contributed by atoms with Crippen LogP contribution in [0.15, 0.2) is 6.33 Å². The van der Waals surface area contributed by atoms with Gasteiger partial charge in [0.25, 0.3) is 0 Å². The van der Waals surface area contributed by atoms with Crippen LogP contribution in [0, 0.1) is 12.3 Å². The lowest BCUT2D eigenvalue weighted by molar-refractivity contribution is 0.373. The highest BCUT2D eigenvalue weighted by Crippen LogP contribution is 2.26. The van der Waals surface area contributed by atoms with Crippen molar-refractivity contribution in [3.63, 3.8) is 0 Å². The van der Waals surface area contributed by atoms with Crippen LogP contribution >= 0.6 is 0 Å². The Morgan fingerprint density at radius 3 is 2.58 bits per heavy atom. The van der Waals surface area contributed by atoms with Crippen LogP contribution < -0.4 is 15.4 Å². The van der Waals surface area contributed by atoms with E-state index in [2.05, 4.69) is 35.6 Å². The standard InChI is InChI=1S/C14H26N4O/c1-6-7-18(9-14(3,4)8-15)12-11(2)13(19-5)17-10-16-12/h10H,6-9,15H2,1-5H3. The van der Waals surface area contributed by atoms with E-state index in [-0.39, 0.29) is 5.41 Å². The van der Waals surface area contributed by atoms with Crippen molar-refractivity contribution in [2.45, 2.75) is 34.1 Å². The third-order valence-corrected chi connectivity index (χ3v) is 3.17. The van der Waals surface area contributed by atoms with E-state index in [0.29, 0.717) is 12.4 Å². The Kier molecular flexibility index (Phi) is 5.54. The first-order valence-electron chi connectivity index (χ1n) is 6.75. The molecule has 0 aliphatic carbocycles. The fourth-order valence-corrected chi connectivity index (χ4v) is 2.06. The molecule has 2 N–H and O–H groups in total. The van der Waals surface area contributed by atoms with E-state index in [1.54, 1.807) is 13.4 Å². The molecule has 0 aliphatic rings. The summed E-state index contributed by atoms with van der Waals surface area (Å²) in [5.41, 5.74) is 6.87.